The summed E-state index contributed by atoms with van der Waals surface area (Å²) in [6.45, 7) is 3.96. The van der Waals surface area contributed by atoms with Crippen LogP contribution in [-0.4, -0.2) is 32.0 Å². The number of nitrogens with zero attached hydrogens (tertiary/aromatic N) is 2. The summed E-state index contributed by atoms with van der Waals surface area (Å²) in [6, 6.07) is 4.27. The van der Waals surface area contributed by atoms with Gasteiger partial charge < -0.3 is 10.2 Å². The fraction of sp³-hybridized carbons (Fsp3) is 0.533. The molecule has 3 nitrogen and oxygen atoms in total. The maximum atomic E-state index is 6.37. The topological polar surface area (TPSA) is 27.6 Å². The monoisotopic (exact) mass is 275 g/mol. The van der Waals surface area contributed by atoms with E-state index in [0.29, 0.717) is 5.92 Å². The fourth-order valence-corrected chi connectivity index (χ4v) is 3.97. The minimum absolute atomic E-state index is 0.680. The zero-order valence-corrected chi connectivity index (χ0v) is 11.7. The molecule has 1 aromatic rings. The van der Waals surface area contributed by atoms with E-state index in [0.717, 1.165) is 43.5 Å². The van der Waals surface area contributed by atoms with Crippen LogP contribution >= 0.6 is 11.6 Å². The Hall–Kier alpha value is -1.22. The Balaban J connectivity index is 1.70. The van der Waals surface area contributed by atoms with Gasteiger partial charge in [-0.2, -0.15) is 0 Å². The molecular weight excluding hydrogens is 258 g/mol. The number of anilines is 1. The van der Waals surface area contributed by atoms with Gasteiger partial charge in [0, 0.05) is 29.7 Å². The summed E-state index contributed by atoms with van der Waals surface area (Å²) >= 11 is 6.37. The molecule has 0 spiro atoms. The van der Waals surface area contributed by atoms with Gasteiger partial charge in [-0.1, -0.05) is 11.6 Å². The summed E-state index contributed by atoms with van der Waals surface area (Å²) in [4.78, 5) is 6.99. The summed E-state index contributed by atoms with van der Waals surface area (Å²) in [7, 11) is 0. The van der Waals surface area contributed by atoms with Gasteiger partial charge >= 0.3 is 0 Å². The largest absolute Gasteiger partial charge is 0.370 e. The van der Waals surface area contributed by atoms with Gasteiger partial charge in [0.05, 0.1) is 13.1 Å². The van der Waals surface area contributed by atoms with Crippen LogP contribution < -0.4 is 10.2 Å². The number of rotatable bonds is 2. The van der Waals surface area contributed by atoms with E-state index in [-0.39, 0.29) is 0 Å². The van der Waals surface area contributed by atoms with Gasteiger partial charge in [0.25, 0.3) is 0 Å². The Morgan fingerprint density at radius 3 is 3.21 bits per heavy atom. The second-order valence-electron chi connectivity index (χ2n) is 5.68. The first-order valence-corrected chi connectivity index (χ1v) is 7.54. The summed E-state index contributed by atoms with van der Waals surface area (Å²) in [5, 5.41) is 4.33. The molecule has 0 amide bonds. The van der Waals surface area contributed by atoms with E-state index in [1.807, 2.05) is 0 Å². The highest BCUT2D eigenvalue weighted by Crippen LogP contribution is 2.46. The third-order valence-corrected chi connectivity index (χ3v) is 4.88. The van der Waals surface area contributed by atoms with Crippen LogP contribution in [-0.2, 0) is 6.42 Å². The molecule has 2 aliphatic heterocycles. The molecule has 3 aliphatic rings. The van der Waals surface area contributed by atoms with Crippen molar-refractivity contribution in [1.82, 2.24) is 5.32 Å². The zero-order chi connectivity index (χ0) is 12.8. The molecule has 4 rings (SSSR count). The summed E-state index contributed by atoms with van der Waals surface area (Å²) in [6.07, 6.45) is 3.72. The Bertz CT molecular complexity index is 553. The van der Waals surface area contributed by atoms with Crippen molar-refractivity contribution in [3.63, 3.8) is 0 Å². The van der Waals surface area contributed by atoms with E-state index in [1.54, 1.807) is 0 Å². The Kier molecular flexibility index (Phi) is 2.69. The molecular formula is C15H18ClN3. The lowest BCUT2D eigenvalue weighted by Crippen LogP contribution is -2.34. The average molecular weight is 276 g/mol. The molecule has 2 heterocycles. The number of nitrogens with one attached hydrogen (secondary N) is 1. The number of benzene rings is 1. The highest BCUT2D eigenvalue weighted by Gasteiger charge is 2.34. The van der Waals surface area contributed by atoms with E-state index < -0.39 is 0 Å². The van der Waals surface area contributed by atoms with E-state index in [9.17, 15) is 0 Å². The molecule has 0 fully saturated rings. The summed E-state index contributed by atoms with van der Waals surface area (Å²) in [5.74, 6) is 1.82. The van der Waals surface area contributed by atoms with E-state index in [2.05, 4.69) is 27.3 Å². The number of hydrogen-bond acceptors (Lipinski definition) is 3. The second kappa shape index (κ2) is 4.41. The van der Waals surface area contributed by atoms with Crippen LogP contribution in [0.3, 0.4) is 0 Å². The standard InChI is InChI=1S/C15H18ClN3/c16-12-4-5-13-15-10(2-1-3-11(12)15)8-19(13)9-14-17-6-7-18-14/h4-5,10H,1-3,6-9H2,(H,17,18). The third kappa shape index (κ3) is 1.83. The van der Waals surface area contributed by atoms with Crippen molar-refractivity contribution in [3.05, 3.63) is 28.3 Å². The molecule has 1 atom stereocenters. The van der Waals surface area contributed by atoms with Crippen LogP contribution in [0.15, 0.2) is 17.1 Å². The van der Waals surface area contributed by atoms with Crippen molar-refractivity contribution in [1.29, 1.82) is 0 Å². The summed E-state index contributed by atoms with van der Waals surface area (Å²) in [5.41, 5.74) is 4.32. The second-order valence-corrected chi connectivity index (χ2v) is 6.09. The van der Waals surface area contributed by atoms with Crippen molar-refractivity contribution in [2.45, 2.75) is 25.2 Å². The molecule has 0 bridgehead atoms. The molecule has 0 saturated heterocycles. The van der Waals surface area contributed by atoms with Gasteiger partial charge in [0.1, 0.15) is 5.84 Å². The molecule has 1 unspecified atom stereocenters. The predicted molar refractivity (Wildman–Crippen MR) is 79.6 cm³/mol. The molecule has 0 radical (unpaired) electrons. The maximum Gasteiger partial charge on any atom is 0.116 e. The van der Waals surface area contributed by atoms with E-state index in [4.69, 9.17) is 11.6 Å². The first-order chi connectivity index (χ1) is 9.33. The third-order valence-electron chi connectivity index (χ3n) is 4.53. The maximum absolute atomic E-state index is 6.37. The molecule has 1 aromatic carbocycles. The van der Waals surface area contributed by atoms with Crippen LogP contribution in [0.5, 0.6) is 0 Å². The lowest BCUT2D eigenvalue weighted by Gasteiger charge is -2.21. The van der Waals surface area contributed by atoms with Gasteiger partial charge in [0.15, 0.2) is 0 Å². The Morgan fingerprint density at radius 1 is 1.42 bits per heavy atom. The van der Waals surface area contributed by atoms with Crippen molar-refractivity contribution >= 4 is 23.1 Å². The van der Waals surface area contributed by atoms with E-state index >= 15 is 0 Å². The Labute approximate surface area is 118 Å². The predicted octanol–water partition coefficient (Wildman–Crippen LogP) is 2.58. The SMILES string of the molecule is Clc1ccc2c3c1CCCC3CN2CC1=NCCN1. The number of hydrogen-bond donors (Lipinski definition) is 1. The number of halogens is 1. The molecule has 1 aliphatic carbocycles. The van der Waals surface area contributed by atoms with Gasteiger partial charge in [-0.05, 0) is 42.5 Å². The first-order valence-electron chi connectivity index (χ1n) is 7.16. The van der Waals surface area contributed by atoms with Crippen LogP contribution in [0, 0.1) is 0 Å². The highest BCUT2D eigenvalue weighted by atomic mass is 35.5. The van der Waals surface area contributed by atoms with Gasteiger partial charge in [-0.3, -0.25) is 4.99 Å². The number of aliphatic imine (C=N–C) groups is 1. The molecule has 1 N–H and O–H groups in total. The molecule has 4 heteroatoms. The van der Waals surface area contributed by atoms with Gasteiger partial charge in [-0.15, -0.1) is 0 Å². The van der Waals surface area contributed by atoms with E-state index in [1.165, 1.54) is 29.7 Å². The zero-order valence-electron chi connectivity index (χ0n) is 11.0. The molecule has 0 saturated carbocycles. The smallest absolute Gasteiger partial charge is 0.116 e. The lowest BCUT2D eigenvalue weighted by molar-refractivity contribution is 0.577. The summed E-state index contributed by atoms with van der Waals surface area (Å²) < 4.78 is 0. The van der Waals surface area contributed by atoms with Crippen molar-refractivity contribution in [2.75, 3.05) is 31.1 Å². The van der Waals surface area contributed by atoms with Gasteiger partial charge in [0.2, 0.25) is 0 Å². The molecule has 100 valence electrons. The van der Waals surface area contributed by atoms with Crippen molar-refractivity contribution < 1.29 is 0 Å². The van der Waals surface area contributed by atoms with Crippen molar-refractivity contribution in [3.8, 4) is 0 Å². The van der Waals surface area contributed by atoms with Crippen LogP contribution in [0.4, 0.5) is 5.69 Å². The Morgan fingerprint density at radius 2 is 2.37 bits per heavy atom. The van der Waals surface area contributed by atoms with Crippen molar-refractivity contribution in [2.24, 2.45) is 4.99 Å². The lowest BCUT2D eigenvalue weighted by atomic mass is 9.84. The number of amidine groups is 1. The fourth-order valence-electron chi connectivity index (χ4n) is 3.71. The molecule has 19 heavy (non-hydrogen) atoms. The van der Waals surface area contributed by atoms with Crippen LogP contribution in [0.25, 0.3) is 0 Å². The average Bonchev–Trinajstić information content (AvgIpc) is 3.03. The van der Waals surface area contributed by atoms with Gasteiger partial charge in [-0.25, -0.2) is 0 Å². The molecule has 0 aromatic heterocycles. The van der Waals surface area contributed by atoms with Crippen LogP contribution in [0.1, 0.15) is 29.9 Å². The quantitative estimate of drug-likeness (QED) is 0.898. The minimum atomic E-state index is 0.680. The highest BCUT2D eigenvalue weighted by molar-refractivity contribution is 6.31. The first kappa shape index (κ1) is 11.6. The van der Waals surface area contributed by atoms with Crippen LogP contribution in [0.2, 0.25) is 5.02 Å². The minimum Gasteiger partial charge on any atom is -0.370 e. The normalized spacial score (nSPS) is 24.2.